The van der Waals surface area contributed by atoms with Gasteiger partial charge in [0.05, 0.1) is 28.6 Å². The Kier molecular flexibility index (Phi) is 12.3. The number of nitrogens with zero attached hydrogens (tertiary/aromatic N) is 3. The third kappa shape index (κ3) is 7.20. The van der Waals surface area contributed by atoms with Gasteiger partial charge in [-0.15, -0.1) is 0 Å². The van der Waals surface area contributed by atoms with Crippen LogP contribution in [0.3, 0.4) is 0 Å². The van der Waals surface area contributed by atoms with Gasteiger partial charge in [0.15, 0.2) is 0 Å². The number of esters is 1. The maximum Gasteiger partial charge on any atom is 0.517 e. The Labute approximate surface area is 369 Å². The van der Waals surface area contributed by atoms with Gasteiger partial charge in [0.1, 0.15) is 17.2 Å². The Morgan fingerprint density at radius 3 is 2.26 bits per heavy atom. The predicted octanol–water partition coefficient (Wildman–Crippen LogP) is 7.45. The smallest absolute Gasteiger partial charge is 0.477 e. The van der Waals surface area contributed by atoms with Crippen molar-refractivity contribution in [2.45, 2.75) is 155 Å². The van der Waals surface area contributed by atoms with Crippen LogP contribution in [-0.4, -0.2) is 116 Å². The van der Waals surface area contributed by atoms with Crippen molar-refractivity contribution in [3.8, 4) is 0 Å². The standard InChI is InChI=1S/C45H65ClN4O12/c1-13-47-38(54)49(28-18-19-28)22-25(3)29-20-17-26(4)45(58)31(29)21-24(2)34(59-27(5)51)35(45)43(37(52)53)23-44(61-40(57)60-42(9,10)11)30-15-14-16-32(46)33(30)48(12)62-36(44)50(43,39(55)56)41(6,7)8/h14-16,21,25-26,28-29,31,34-36,58H,13,17-20,22-23H2,1-12H3,(H2-,47,52,53,54,55,56)/p+1/t25?,26-,29+,31-,34+,35-,36-,43+,44-,45-,50?/m1/s1. The molecule has 1 saturated heterocycles. The molecule has 2 saturated carbocycles. The summed E-state index contributed by atoms with van der Waals surface area (Å²) in [7, 11) is 1.50. The lowest BCUT2D eigenvalue weighted by Gasteiger charge is -2.63. The summed E-state index contributed by atoms with van der Waals surface area (Å²) in [5.41, 5.74) is -9.00. The molecule has 1 aromatic rings. The Morgan fingerprint density at radius 2 is 1.73 bits per heavy atom. The Bertz CT molecular complexity index is 2010. The van der Waals surface area contributed by atoms with E-state index in [0.29, 0.717) is 31.5 Å². The second kappa shape index (κ2) is 16.1. The SMILES string of the molecule is CCNC(=O)N(CC(C)[C@@H]1CC[C@@H](C)[C@@]2(O)[C@@H]1C=C(C)[C@H](OC(C)=O)[C@@H]2[C@]1(C(=O)O)C[C@@]2(OC(=O)OC(C)(C)C)c3cccc(Cl)c3N(C)O[C@H]2[N+]1(C(=O)O)C(C)(C)C)C1CC1. The van der Waals surface area contributed by atoms with Crippen LogP contribution >= 0.6 is 11.6 Å². The first-order valence-corrected chi connectivity index (χ1v) is 22.1. The molecular formula is C45H66ClN4O12+. The number of para-hydroxylation sites is 1. The Balaban J connectivity index is 1.69. The zero-order chi connectivity index (χ0) is 46.3. The van der Waals surface area contributed by atoms with Crippen molar-refractivity contribution in [3.05, 3.63) is 40.4 Å². The molecule has 0 spiro atoms. The molecule has 62 heavy (non-hydrogen) atoms. The summed E-state index contributed by atoms with van der Waals surface area (Å²) in [6, 6.07) is 4.64. The summed E-state index contributed by atoms with van der Waals surface area (Å²) in [4.78, 5) is 79.5. The van der Waals surface area contributed by atoms with E-state index in [9.17, 15) is 34.5 Å². The molecule has 2 heterocycles. The van der Waals surface area contributed by atoms with Crippen molar-refractivity contribution >= 4 is 47.5 Å². The number of ether oxygens (including phenoxy) is 3. The van der Waals surface area contributed by atoms with Crippen LogP contribution in [0.1, 0.15) is 114 Å². The summed E-state index contributed by atoms with van der Waals surface area (Å²) < 4.78 is 16.9. The van der Waals surface area contributed by atoms with E-state index in [1.165, 1.54) is 19.0 Å². The molecule has 5 aliphatic rings. The summed E-state index contributed by atoms with van der Waals surface area (Å²) in [6.45, 7) is 18.9. The maximum atomic E-state index is 15.2. The zero-order valence-electron chi connectivity index (χ0n) is 38.1. The minimum absolute atomic E-state index is 0.0724. The third-order valence-corrected chi connectivity index (χ3v) is 14.6. The molecule has 16 nitrogen and oxygen atoms in total. The van der Waals surface area contributed by atoms with Gasteiger partial charge in [0.25, 0.3) is 6.23 Å². The number of carboxylic acids is 1. The second-order valence-corrected chi connectivity index (χ2v) is 20.7. The van der Waals surface area contributed by atoms with Crippen LogP contribution in [0.2, 0.25) is 5.02 Å². The molecule has 1 aromatic carbocycles. The third-order valence-electron chi connectivity index (χ3n) is 14.3. The van der Waals surface area contributed by atoms with Gasteiger partial charge >= 0.3 is 30.2 Å². The highest BCUT2D eigenvalue weighted by Crippen LogP contribution is 2.69. The quantitative estimate of drug-likeness (QED) is 0.108. The lowest BCUT2D eigenvalue weighted by atomic mass is 9.48. The van der Waals surface area contributed by atoms with Gasteiger partial charge in [-0.2, -0.15) is 9.28 Å². The van der Waals surface area contributed by atoms with Gasteiger partial charge in [-0.25, -0.2) is 24.3 Å². The number of nitrogens with one attached hydrogen (secondary N) is 1. The van der Waals surface area contributed by atoms with Crippen molar-refractivity contribution in [2.24, 2.45) is 29.6 Å². The number of hydrogen-bond acceptors (Lipinski definition) is 11. The first kappa shape index (κ1) is 47.4. The number of fused-ring (bicyclic) bond motifs is 4. The normalized spacial score (nSPS) is 34.7. The summed E-state index contributed by atoms with van der Waals surface area (Å²) in [6.07, 6.45) is -2.41. The number of likely N-dealkylation sites (tertiary alicyclic amines) is 1. The number of benzene rings is 1. The number of carbonyl (C=O) groups is 5. The fourth-order valence-electron chi connectivity index (χ4n) is 11.9. The summed E-state index contributed by atoms with van der Waals surface area (Å²) >= 11 is 6.85. The van der Waals surface area contributed by atoms with Crippen LogP contribution < -0.4 is 10.4 Å². The fraction of sp³-hybridized carbons (Fsp3) is 0.711. The molecule has 2 aliphatic heterocycles. The molecule has 3 aliphatic carbocycles. The van der Waals surface area contributed by atoms with E-state index >= 15 is 4.79 Å². The van der Waals surface area contributed by atoms with Crippen molar-refractivity contribution in [1.29, 1.82) is 0 Å². The lowest BCUT2D eigenvalue weighted by Crippen LogP contribution is -2.84. The van der Waals surface area contributed by atoms with Crippen LogP contribution in [0.25, 0.3) is 0 Å². The average Bonchev–Trinajstić information content (AvgIpc) is 3.93. The van der Waals surface area contributed by atoms with Gasteiger partial charge in [-0.1, -0.05) is 43.7 Å². The van der Waals surface area contributed by atoms with Crippen molar-refractivity contribution < 1.29 is 62.8 Å². The molecule has 2 unspecified atom stereocenters. The number of aliphatic hydroxyl groups is 1. The maximum absolute atomic E-state index is 15.2. The van der Waals surface area contributed by atoms with Crippen LogP contribution in [0.5, 0.6) is 0 Å². The van der Waals surface area contributed by atoms with Gasteiger partial charge in [0, 0.05) is 44.6 Å². The minimum atomic E-state index is -2.72. The van der Waals surface area contributed by atoms with Crippen molar-refractivity contribution in [2.75, 3.05) is 25.2 Å². The van der Waals surface area contributed by atoms with E-state index < -0.39 is 93.1 Å². The van der Waals surface area contributed by atoms with Crippen LogP contribution in [0.4, 0.5) is 20.1 Å². The van der Waals surface area contributed by atoms with Gasteiger partial charge in [0.2, 0.25) is 11.1 Å². The van der Waals surface area contributed by atoms with E-state index in [0.717, 1.165) is 12.8 Å². The van der Waals surface area contributed by atoms with E-state index in [4.69, 9.17) is 30.6 Å². The number of rotatable bonds is 9. The van der Waals surface area contributed by atoms with Crippen molar-refractivity contribution in [3.63, 3.8) is 0 Å². The number of hydroxylamine groups is 1. The molecule has 6 rings (SSSR count). The number of aliphatic carboxylic acids is 1. The van der Waals surface area contributed by atoms with Gasteiger partial charge in [-0.05, 0) is 110 Å². The van der Waals surface area contributed by atoms with Gasteiger partial charge in [-0.3, -0.25) is 4.79 Å². The first-order chi connectivity index (χ1) is 28.7. The van der Waals surface area contributed by atoms with Crippen LogP contribution in [0, 0.1) is 29.6 Å². The number of urea groups is 1. The number of amides is 3. The Hall–Kier alpha value is -4.12. The average molecular weight is 890 g/mol. The fourth-order valence-corrected chi connectivity index (χ4v) is 12.2. The molecular weight excluding hydrogens is 824 g/mol. The Morgan fingerprint density at radius 1 is 1.08 bits per heavy atom. The summed E-state index contributed by atoms with van der Waals surface area (Å²) in [5.74, 6) is -6.20. The van der Waals surface area contributed by atoms with Crippen molar-refractivity contribution in [1.82, 2.24) is 10.2 Å². The topological polar surface area (TPSA) is 201 Å². The number of quaternary nitrogens is 1. The van der Waals surface area contributed by atoms with E-state index in [1.54, 1.807) is 66.7 Å². The monoisotopic (exact) mass is 889 g/mol. The molecule has 4 N–H and O–H groups in total. The molecule has 344 valence electrons. The van der Waals surface area contributed by atoms with Gasteiger partial charge < -0.3 is 39.7 Å². The molecule has 3 amide bonds. The number of anilines is 1. The van der Waals surface area contributed by atoms with E-state index in [1.807, 2.05) is 31.7 Å². The van der Waals surface area contributed by atoms with E-state index in [2.05, 4.69) is 5.32 Å². The number of hydrogen-bond donors (Lipinski definition) is 4. The molecule has 0 bridgehead atoms. The highest BCUT2D eigenvalue weighted by Gasteiger charge is 2.90. The van der Waals surface area contributed by atoms with E-state index in [-0.39, 0.29) is 40.2 Å². The number of carboxylic acid groups (broad SMARTS) is 2. The highest BCUT2D eigenvalue weighted by atomic mass is 35.5. The number of carbonyl (C=O) groups excluding carboxylic acids is 3. The van der Waals surface area contributed by atoms with Crippen LogP contribution in [-0.2, 0) is 34.2 Å². The molecule has 11 atom stereocenters. The first-order valence-electron chi connectivity index (χ1n) is 21.8. The molecule has 0 radical (unpaired) electrons. The second-order valence-electron chi connectivity index (χ2n) is 20.3. The lowest BCUT2D eigenvalue weighted by molar-refractivity contribution is -0.979. The molecule has 3 fully saturated rings. The molecule has 17 heteroatoms. The number of halogens is 1. The minimum Gasteiger partial charge on any atom is -0.477 e. The highest BCUT2D eigenvalue weighted by molar-refractivity contribution is 6.33. The van der Waals surface area contributed by atoms with Crippen LogP contribution in [0.15, 0.2) is 29.8 Å². The summed E-state index contributed by atoms with van der Waals surface area (Å²) in [5, 5.41) is 42.9. The largest absolute Gasteiger partial charge is 0.517 e. The molecule has 0 aromatic heterocycles. The zero-order valence-corrected chi connectivity index (χ0v) is 38.9. The predicted molar refractivity (Wildman–Crippen MR) is 228 cm³/mol.